The first kappa shape index (κ1) is 14.7. The third-order valence-electron chi connectivity index (χ3n) is 3.42. The number of nitrogens with zero attached hydrogens (tertiary/aromatic N) is 2. The van der Waals surface area contributed by atoms with Gasteiger partial charge in [-0.3, -0.25) is 4.79 Å². The van der Waals surface area contributed by atoms with Gasteiger partial charge < -0.3 is 0 Å². The van der Waals surface area contributed by atoms with Crippen LogP contribution in [0.2, 0.25) is 0 Å². The summed E-state index contributed by atoms with van der Waals surface area (Å²) < 4.78 is 0. The standard InChI is InChI=1S/C18H18N2OS/c1-18(2,3)16-15(12-14-10-7-11-22-14)17(21)20(19-16)13-8-5-4-6-9-13/h4-12H,1-3H3. The average molecular weight is 310 g/mol. The number of thiophene rings is 1. The van der Waals surface area contributed by atoms with Gasteiger partial charge in [-0.25, -0.2) is 0 Å². The normalized spacial score (nSPS) is 17.2. The molecule has 0 radical (unpaired) electrons. The third kappa shape index (κ3) is 2.74. The molecule has 1 aliphatic rings. The first-order chi connectivity index (χ1) is 10.5. The fourth-order valence-corrected chi connectivity index (χ4v) is 3.02. The molecule has 0 atom stereocenters. The molecule has 0 unspecified atom stereocenters. The topological polar surface area (TPSA) is 32.7 Å². The van der Waals surface area contributed by atoms with Gasteiger partial charge in [0.25, 0.3) is 5.91 Å². The highest BCUT2D eigenvalue weighted by atomic mass is 32.1. The van der Waals surface area contributed by atoms with Gasteiger partial charge in [0.15, 0.2) is 0 Å². The van der Waals surface area contributed by atoms with E-state index in [4.69, 9.17) is 0 Å². The molecule has 112 valence electrons. The van der Waals surface area contributed by atoms with Gasteiger partial charge in [0.1, 0.15) is 0 Å². The van der Waals surface area contributed by atoms with Gasteiger partial charge in [-0.15, -0.1) is 11.3 Å². The number of hydrazone groups is 1. The van der Waals surface area contributed by atoms with Crippen LogP contribution >= 0.6 is 11.3 Å². The summed E-state index contributed by atoms with van der Waals surface area (Å²) in [6.07, 6.45) is 1.94. The molecular weight excluding hydrogens is 292 g/mol. The van der Waals surface area contributed by atoms with Crippen molar-refractivity contribution in [3.05, 3.63) is 58.3 Å². The van der Waals surface area contributed by atoms with Crippen LogP contribution in [0.15, 0.2) is 58.5 Å². The van der Waals surface area contributed by atoms with Crippen LogP contribution in [0.5, 0.6) is 0 Å². The molecule has 0 aliphatic carbocycles. The number of para-hydroxylation sites is 1. The lowest BCUT2D eigenvalue weighted by molar-refractivity contribution is -0.114. The minimum atomic E-state index is -0.192. The monoisotopic (exact) mass is 310 g/mol. The fourth-order valence-electron chi connectivity index (χ4n) is 2.36. The first-order valence-corrected chi connectivity index (χ1v) is 8.09. The van der Waals surface area contributed by atoms with E-state index in [2.05, 4.69) is 25.9 Å². The molecule has 0 spiro atoms. The molecule has 22 heavy (non-hydrogen) atoms. The van der Waals surface area contributed by atoms with Crippen molar-refractivity contribution in [1.29, 1.82) is 0 Å². The molecule has 0 saturated carbocycles. The second-order valence-electron chi connectivity index (χ2n) is 6.22. The van der Waals surface area contributed by atoms with E-state index in [0.717, 1.165) is 16.3 Å². The lowest BCUT2D eigenvalue weighted by Crippen LogP contribution is -2.23. The maximum Gasteiger partial charge on any atom is 0.280 e. The van der Waals surface area contributed by atoms with Gasteiger partial charge in [0, 0.05) is 10.3 Å². The maximum absolute atomic E-state index is 12.8. The highest BCUT2D eigenvalue weighted by Crippen LogP contribution is 2.32. The second-order valence-corrected chi connectivity index (χ2v) is 7.20. The van der Waals surface area contributed by atoms with Gasteiger partial charge in [-0.1, -0.05) is 45.0 Å². The Balaban J connectivity index is 2.07. The predicted octanol–water partition coefficient (Wildman–Crippen LogP) is 4.58. The fraction of sp³-hybridized carbons (Fsp3) is 0.222. The van der Waals surface area contributed by atoms with Crippen molar-refractivity contribution in [3.8, 4) is 0 Å². The summed E-state index contributed by atoms with van der Waals surface area (Å²) in [4.78, 5) is 13.9. The number of carbonyl (C=O) groups is 1. The van der Waals surface area contributed by atoms with Crippen LogP contribution in [-0.4, -0.2) is 11.6 Å². The quantitative estimate of drug-likeness (QED) is 0.747. The van der Waals surface area contributed by atoms with Crippen LogP contribution in [0.4, 0.5) is 5.69 Å². The zero-order valence-corrected chi connectivity index (χ0v) is 13.7. The zero-order valence-electron chi connectivity index (χ0n) is 12.9. The third-order valence-corrected chi connectivity index (χ3v) is 4.24. The molecule has 4 heteroatoms. The van der Waals surface area contributed by atoms with Crippen molar-refractivity contribution in [2.75, 3.05) is 5.01 Å². The number of amides is 1. The van der Waals surface area contributed by atoms with E-state index in [1.807, 2.05) is 53.9 Å². The smallest absolute Gasteiger partial charge is 0.267 e. The van der Waals surface area contributed by atoms with Crippen LogP contribution in [0.3, 0.4) is 0 Å². The molecule has 0 N–H and O–H groups in total. The van der Waals surface area contributed by atoms with Crippen molar-refractivity contribution in [1.82, 2.24) is 0 Å². The van der Waals surface area contributed by atoms with Gasteiger partial charge in [-0.2, -0.15) is 10.1 Å². The Morgan fingerprint density at radius 2 is 1.82 bits per heavy atom. The van der Waals surface area contributed by atoms with Crippen LogP contribution in [0.1, 0.15) is 25.6 Å². The Morgan fingerprint density at radius 3 is 2.41 bits per heavy atom. The van der Waals surface area contributed by atoms with Crippen molar-refractivity contribution in [3.63, 3.8) is 0 Å². The van der Waals surface area contributed by atoms with Crippen molar-refractivity contribution < 1.29 is 4.79 Å². The number of rotatable bonds is 2. The number of hydrogen-bond acceptors (Lipinski definition) is 3. The number of benzene rings is 1. The lowest BCUT2D eigenvalue weighted by Gasteiger charge is -2.17. The van der Waals surface area contributed by atoms with E-state index in [1.165, 1.54) is 5.01 Å². The molecule has 2 aromatic rings. The SMILES string of the molecule is CC(C)(C)C1=NN(c2ccccc2)C(=O)C1=Cc1cccs1. The van der Waals surface area contributed by atoms with E-state index in [1.54, 1.807) is 11.3 Å². The zero-order chi connectivity index (χ0) is 15.7. The van der Waals surface area contributed by atoms with E-state index in [0.29, 0.717) is 5.57 Å². The summed E-state index contributed by atoms with van der Waals surface area (Å²) in [6, 6.07) is 13.5. The molecule has 1 aromatic heterocycles. The number of hydrogen-bond donors (Lipinski definition) is 0. The molecule has 0 bridgehead atoms. The Bertz CT molecular complexity index is 737. The minimum absolute atomic E-state index is 0.0653. The van der Waals surface area contributed by atoms with Crippen molar-refractivity contribution in [2.45, 2.75) is 20.8 Å². The van der Waals surface area contributed by atoms with E-state index in [-0.39, 0.29) is 11.3 Å². The number of anilines is 1. The summed E-state index contributed by atoms with van der Waals surface area (Å²) in [5, 5.41) is 8.12. The molecule has 0 fully saturated rings. The van der Waals surface area contributed by atoms with Gasteiger partial charge in [0.2, 0.25) is 0 Å². The largest absolute Gasteiger partial charge is 0.280 e. The Labute approximate surface area is 134 Å². The van der Waals surface area contributed by atoms with Crippen LogP contribution in [0, 0.1) is 5.41 Å². The Morgan fingerprint density at radius 1 is 1.09 bits per heavy atom. The molecule has 1 aromatic carbocycles. The molecule has 3 rings (SSSR count). The van der Waals surface area contributed by atoms with Gasteiger partial charge in [-0.05, 0) is 29.7 Å². The Kier molecular flexibility index (Phi) is 3.71. The summed E-state index contributed by atoms with van der Waals surface area (Å²) in [5.74, 6) is -0.0653. The first-order valence-electron chi connectivity index (χ1n) is 7.21. The van der Waals surface area contributed by atoms with Crippen molar-refractivity contribution >= 4 is 34.7 Å². The maximum atomic E-state index is 12.8. The summed E-state index contributed by atoms with van der Waals surface area (Å²) >= 11 is 1.62. The lowest BCUT2D eigenvalue weighted by atomic mass is 9.85. The van der Waals surface area contributed by atoms with Crippen LogP contribution in [0.25, 0.3) is 6.08 Å². The van der Waals surface area contributed by atoms with E-state index < -0.39 is 0 Å². The molecule has 1 amide bonds. The average Bonchev–Trinajstić information content (AvgIpc) is 3.09. The summed E-state index contributed by atoms with van der Waals surface area (Å²) in [6.45, 7) is 6.24. The highest BCUT2D eigenvalue weighted by molar-refractivity contribution is 7.10. The van der Waals surface area contributed by atoms with Gasteiger partial charge in [0.05, 0.1) is 17.0 Å². The number of carbonyl (C=O) groups excluding carboxylic acids is 1. The second kappa shape index (κ2) is 5.54. The van der Waals surface area contributed by atoms with E-state index in [9.17, 15) is 4.79 Å². The molecule has 0 saturated heterocycles. The van der Waals surface area contributed by atoms with Crippen LogP contribution < -0.4 is 5.01 Å². The molecule has 2 heterocycles. The van der Waals surface area contributed by atoms with Gasteiger partial charge >= 0.3 is 0 Å². The minimum Gasteiger partial charge on any atom is -0.267 e. The summed E-state index contributed by atoms with van der Waals surface area (Å²) in [7, 11) is 0. The van der Waals surface area contributed by atoms with E-state index >= 15 is 0 Å². The predicted molar refractivity (Wildman–Crippen MR) is 93.1 cm³/mol. The Hall–Kier alpha value is -2.20. The molecule has 1 aliphatic heterocycles. The summed E-state index contributed by atoms with van der Waals surface area (Å²) in [5.41, 5.74) is 2.11. The molecular formula is C18H18N2OS. The highest BCUT2D eigenvalue weighted by Gasteiger charge is 2.37. The van der Waals surface area contributed by atoms with Crippen LogP contribution in [-0.2, 0) is 4.79 Å². The molecule has 3 nitrogen and oxygen atoms in total. The van der Waals surface area contributed by atoms with Crippen molar-refractivity contribution in [2.24, 2.45) is 10.5 Å².